The van der Waals surface area contributed by atoms with Gasteiger partial charge in [-0.2, -0.15) is 5.10 Å². The lowest BCUT2D eigenvalue weighted by Crippen LogP contribution is -2.46. The molecule has 7 heteroatoms. The number of aliphatic carboxylic acids is 1. The number of piperidine rings is 1. The minimum absolute atomic E-state index is 0.128. The van der Waals surface area contributed by atoms with Gasteiger partial charge in [0.05, 0.1) is 5.69 Å². The van der Waals surface area contributed by atoms with E-state index in [1.165, 1.54) is 34.5 Å². The van der Waals surface area contributed by atoms with Crippen LogP contribution < -0.4 is 0 Å². The largest absolute Gasteiger partial charge is 0.480 e. The highest BCUT2D eigenvalue weighted by Crippen LogP contribution is 2.40. The van der Waals surface area contributed by atoms with Gasteiger partial charge in [-0.05, 0) is 92.1 Å². The van der Waals surface area contributed by atoms with E-state index in [9.17, 15) is 14.3 Å². The molecule has 1 N–H and O–H groups in total. The fourth-order valence-corrected chi connectivity index (χ4v) is 8.87. The number of benzene rings is 3. The van der Waals surface area contributed by atoms with E-state index in [2.05, 4.69) is 69.9 Å². The van der Waals surface area contributed by atoms with Gasteiger partial charge in [-0.15, -0.1) is 0 Å². The highest BCUT2D eigenvalue weighted by molar-refractivity contribution is 5.95. The van der Waals surface area contributed by atoms with Crippen molar-refractivity contribution in [3.63, 3.8) is 0 Å². The zero-order chi connectivity index (χ0) is 31.6. The second-order valence-electron chi connectivity index (χ2n) is 13.9. The maximum atomic E-state index is 14.4. The summed E-state index contributed by atoms with van der Waals surface area (Å²) in [6.07, 6.45) is 7.57. The summed E-state index contributed by atoms with van der Waals surface area (Å²) in [6.45, 7) is 7.38. The summed E-state index contributed by atoms with van der Waals surface area (Å²) in [7, 11) is 0. The fraction of sp³-hybridized carbons (Fsp3) is 0.487. The quantitative estimate of drug-likeness (QED) is 0.207. The van der Waals surface area contributed by atoms with E-state index in [0.29, 0.717) is 12.5 Å². The minimum Gasteiger partial charge on any atom is -0.480 e. The molecule has 0 amide bonds. The zero-order valence-corrected chi connectivity index (χ0v) is 27.0. The number of rotatable bonds is 9. The summed E-state index contributed by atoms with van der Waals surface area (Å²) >= 11 is 0. The van der Waals surface area contributed by atoms with Gasteiger partial charge in [0.2, 0.25) is 0 Å². The third-order valence-corrected chi connectivity index (χ3v) is 11.2. The van der Waals surface area contributed by atoms with Crippen molar-refractivity contribution in [3.05, 3.63) is 89.9 Å². The van der Waals surface area contributed by atoms with Crippen LogP contribution in [0.5, 0.6) is 0 Å². The van der Waals surface area contributed by atoms with E-state index in [0.717, 1.165) is 82.5 Å². The SMILES string of the molecule is CCn1nc(-c2cccc3ccccc23)cc1C1CCN(C[C@H]2CN([C@@H](C(=O)O)C3CCCCC3)C[C@@H]2c2cccc(F)c2)CC1. The maximum Gasteiger partial charge on any atom is 0.321 e. The van der Waals surface area contributed by atoms with Crippen LogP contribution >= 0.6 is 0 Å². The van der Waals surface area contributed by atoms with Crippen molar-refractivity contribution < 1.29 is 14.3 Å². The third-order valence-electron chi connectivity index (χ3n) is 11.2. The highest BCUT2D eigenvalue weighted by atomic mass is 19.1. The number of hydrogen-bond donors (Lipinski definition) is 1. The molecule has 3 aromatic carbocycles. The van der Waals surface area contributed by atoms with Gasteiger partial charge in [0, 0.05) is 49.3 Å². The molecule has 2 aliphatic heterocycles. The maximum absolute atomic E-state index is 14.4. The fourth-order valence-electron chi connectivity index (χ4n) is 8.87. The van der Waals surface area contributed by atoms with Crippen LogP contribution in [0.3, 0.4) is 0 Å². The smallest absolute Gasteiger partial charge is 0.321 e. The molecule has 0 radical (unpaired) electrons. The molecule has 242 valence electrons. The molecule has 46 heavy (non-hydrogen) atoms. The number of aryl methyl sites for hydroxylation is 1. The Morgan fingerprint density at radius 2 is 1.70 bits per heavy atom. The van der Waals surface area contributed by atoms with Crippen LogP contribution in [0.2, 0.25) is 0 Å². The number of likely N-dealkylation sites (tertiary alicyclic amines) is 2. The van der Waals surface area contributed by atoms with Gasteiger partial charge in [0.1, 0.15) is 11.9 Å². The Morgan fingerprint density at radius 3 is 2.46 bits per heavy atom. The highest BCUT2D eigenvalue weighted by Gasteiger charge is 2.43. The van der Waals surface area contributed by atoms with Gasteiger partial charge in [-0.25, -0.2) is 4.39 Å². The van der Waals surface area contributed by atoms with Crippen LogP contribution in [0.25, 0.3) is 22.0 Å². The Labute approximate surface area is 272 Å². The lowest BCUT2D eigenvalue weighted by molar-refractivity contribution is -0.145. The van der Waals surface area contributed by atoms with Crippen molar-refractivity contribution in [3.8, 4) is 11.3 Å². The predicted octanol–water partition coefficient (Wildman–Crippen LogP) is 7.79. The van der Waals surface area contributed by atoms with Gasteiger partial charge in [0.25, 0.3) is 0 Å². The molecule has 4 aromatic rings. The first-order valence-electron chi connectivity index (χ1n) is 17.5. The van der Waals surface area contributed by atoms with Gasteiger partial charge < -0.3 is 10.0 Å². The Balaban J connectivity index is 1.06. The van der Waals surface area contributed by atoms with E-state index in [1.807, 2.05) is 6.07 Å². The van der Waals surface area contributed by atoms with Crippen molar-refractivity contribution in [2.45, 2.75) is 76.3 Å². The second kappa shape index (κ2) is 13.7. The van der Waals surface area contributed by atoms with E-state index < -0.39 is 12.0 Å². The number of carboxylic acids is 1. The van der Waals surface area contributed by atoms with E-state index in [1.54, 1.807) is 12.1 Å². The molecule has 3 atom stereocenters. The molecule has 2 saturated heterocycles. The molecule has 7 rings (SSSR count). The first-order chi connectivity index (χ1) is 22.5. The Morgan fingerprint density at radius 1 is 0.935 bits per heavy atom. The predicted molar refractivity (Wildman–Crippen MR) is 181 cm³/mol. The van der Waals surface area contributed by atoms with E-state index >= 15 is 0 Å². The van der Waals surface area contributed by atoms with E-state index in [4.69, 9.17) is 5.10 Å². The number of hydrogen-bond acceptors (Lipinski definition) is 4. The molecular formula is C39H47FN4O2. The van der Waals surface area contributed by atoms with Gasteiger partial charge >= 0.3 is 5.97 Å². The normalized spacial score (nSPS) is 22.8. The van der Waals surface area contributed by atoms with Crippen LogP contribution in [0.15, 0.2) is 72.8 Å². The average Bonchev–Trinajstić information content (AvgIpc) is 3.70. The zero-order valence-electron chi connectivity index (χ0n) is 27.0. The molecule has 6 nitrogen and oxygen atoms in total. The van der Waals surface area contributed by atoms with Crippen molar-refractivity contribution in [1.82, 2.24) is 19.6 Å². The molecule has 1 aliphatic carbocycles. The summed E-state index contributed by atoms with van der Waals surface area (Å²) in [4.78, 5) is 17.5. The molecule has 1 saturated carbocycles. The second-order valence-corrected chi connectivity index (χ2v) is 13.9. The molecule has 3 heterocycles. The van der Waals surface area contributed by atoms with E-state index in [-0.39, 0.29) is 23.6 Å². The average molecular weight is 623 g/mol. The summed E-state index contributed by atoms with van der Waals surface area (Å²) in [5.41, 5.74) is 4.56. The number of carboxylic acid groups (broad SMARTS) is 1. The van der Waals surface area contributed by atoms with Crippen molar-refractivity contribution >= 4 is 16.7 Å². The standard InChI is InChI=1S/C39H47FN4O2/c1-2-44-37(23-36(41-44)34-17-9-13-27-10-6-7-16-33(27)34)28-18-20-42(21-19-28)24-31-25-43(26-35(31)30-14-8-15-32(40)22-30)38(39(45)46)29-11-4-3-5-12-29/h6-10,13-17,22-23,28-29,31,35,38H,2-5,11-12,18-21,24-26H2,1H3,(H,45,46)/t31-,35+,38+/m0/s1. The topological polar surface area (TPSA) is 61.6 Å². The summed E-state index contributed by atoms with van der Waals surface area (Å²) in [5.74, 6) is 0.145. The number of nitrogens with zero attached hydrogens (tertiary/aromatic N) is 4. The number of aromatic nitrogens is 2. The van der Waals surface area contributed by atoms with Gasteiger partial charge in [-0.1, -0.05) is 73.9 Å². The molecule has 3 fully saturated rings. The van der Waals surface area contributed by atoms with Crippen molar-refractivity contribution in [2.24, 2.45) is 11.8 Å². The van der Waals surface area contributed by atoms with Crippen molar-refractivity contribution in [1.29, 1.82) is 0 Å². The van der Waals surface area contributed by atoms with Gasteiger partial charge in [0.15, 0.2) is 0 Å². The Hall–Kier alpha value is -3.55. The lowest BCUT2D eigenvalue weighted by atomic mass is 9.83. The molecule has 3 aliphatic rings. The van der Waals surface area contributed by atoms with Crippen LogP contribution in [0.1, 0.15) is 75.0 Å². The molecule has 0 unspecified atom stereocenters. The summed E-state index contributed by atoms with van der Waals surface area (Å²) in [5, 5.41) is 17.9. The third kappa shape index (κ3) is 6.37. The van der Waals surface area contributed by atoms with Crippen LogP contribution in [0, 0.1) is 17.7 Å². The number of halogens is 1. The molecule has 0 spiro atoms. The Bertz CT molecular complexity index is 1650. The Kier molecular flexibility index (Phi) is 9.23. The minimum atomic E-state index is -0.693. The number of fused-ring (bicyclic) bond motifs is 1. The summed E-state index contributed by atoms with van der Waals surface area (Å²) in [6, 6.07) is 23.9. The van der Waals surface area contributed by atoms with Gasteiger partial charge in [-0.3, -0.25) is 14.4 Å². The first kappa shape index (κ1) is 31.1. The first-order valence-corrected chi connectivity index (χ1v) is 17.5. The molecule has 1 aromatic heterocycles. The number of carbonyl (C=O) groups is 1. The van der Waals surface area contributed by atoms with Crippen LogP contribution in [-0.4, -0.2) is 69.4 Å². The lowest BCUT2D eigenvalue weighted by Gasteiger charge is -2.35. The molecular weight excluding hydrogens is 575 g/mol. The molecule has 0 bridgehead atoms. The van der Waals surface area contributed by atoms with Crippen LogP contribution in [-0.2, 0) is 11.3 Å². The van der Waals surface area contributed by atoms with Crippen molar-refractivity contribution in [2.75, 3.05) is 32.7 Å². The summed E-state index contributed by atoms with van der Waals surface area (Å²) < 4.78 is 16.6. The monoisotopic (exact) mass is 622 g/mol. The van der Waals surface area contributed by atoms with Crippen LogP contribution in [0.4, 0.5) is 4.39 Å².